The number of sulfonamides is 1. The van der Waals surface area contributed by atoms with E-state index in [4.69, 9.17) is 9.26 Å². The average molecular weight is 595 g/mol. The molecule has 1 spiro atoms. The SMILES string of the molecule is CCCCC1NC2(CCCC2)C(=O)N1Cc1ccc(-c2ccccc2S(=O)(=O)Nc2noc(C)c2C)c(COCC)c1. The first-order chi connectivity index (χ1) is 20.2. The van der Waals surface area contributed by atoms with Crippen LogP contribution in [0, 0.1) is 13.8 Å². The van der Waals surface area contributed by atoms with Crippen molar-refractivity contribution in [3.05, 3.63) is 64.9 Å². The zero-order valence-electron chi connectivity index (χ0n) is 25.0. The Hall–Kier alpha value is -3.21. The largest absolute Gasteiger partial charge is 0.377 e. The Labute approximate surface area is 249 Å². The van der Waals surface area contributed by atoms with Crippen molar-refractivity contribution in [1.29, 1.82) is 0 Å². The lowest BCUT2D eigenvalue weighted by Gasteiger charge is -2.25. The molecule has 0 radical (unpaired) electrons. The summed E-state index contributed by atoms with van der Waals surface area (Å²) in [6, 6.07) is 12.9. The van der Waals surface area contributed by atoms with Gasteiger partial charge in [0.25, 0.3) is 10.0 Å². The molecular weight excluding hydrogens is 552 g/mol. The predicted molar refractivity (Wildman–Crippen MR) is 162 cm³/mol. The van der Waals surface area contributed by atoms with E-state index in [0.717, 1.165) is 61.6 Å². The lowest BCUT2D eigenvalue weighted by atomic mass is 9.96. The molecule has 2 fully saturated rings. The highest BCUT2D eigenvalue weighted by atomic mass is 32.2. The number of hydrogen-bond acceptors (Lipinski definition) is 7. The number of benzene rings is 2. The molecule has 9 nitrogen and oxygen atoms in total. The lowest BCUT2D eigenvalue weighted by Crippen LogP contribution is -2.44. The Bertz CT molecular complexity index is 1530. The summed E-state index contributed by atoms with van der Waals surface area (Å²) < 4.78 is 40.8. The second-order valence-corrected chi connectivity index (χ2v) is 13.1. The van der Waals surface area contributed by atoms with Crippen LogP contribution < -0.4 is 10.0 Å². The number of anilines is 1. The number of nitrogens with zero attached hydrogens (tertiary/aromatic N) is 2. The highest BCUT2D eigenvalue weighted by Gasteiger charge is 2.51. The molecular formula is C32H42N4O5S. The van der Waals surface area contributed by atoms with Gasteiger partial charge in [0.05, 0.1) is 23.2 Å². The second-order valence-electron chi connectivity index (χ2n) is 11.5. The van der Waals surface area contributed by atoms with Crippen LogP contribution in [0.4, 0.5) is 5.82 Å². The standard InChI is InChI=1S/C32H42N4O5S/c1-5-7-14-29-33-32(17-10-11-18-32)31(37)36(29)20-24-15-16-26(25(19-24)21-40-6-2)27-12-8-9-13-28(27)42(38,39)35-30-22(3)23(4)41-34-30/h8-9,12-13,15-16,19,29,33H,5-7,10-11,14,17-18,20-21H2,1-4H3,(H,34,35). The van der Waals surface area contributed by atoms with Gasteiger partial charge in [-0.2, -0.15) is 0 Å². The number of rotatable bonds is 12. The molecule has 10 heteroatoms. The Balaban J connectivity index is 1.48. The van der Waals surface area contributed by atoms with Gasteiger partial charge < -0.3 is 14.2 Å². The molecule has 1 amide bonds. The third-order valence-electron chi connectivity index (χ3n) is 8.62. The Morgan fingerprint density at radius 3 is 2.57 bits per heavy atom. The van der Waals surface area contributed by atoms with E-state index >= 15 is 0 Å². The maximum Gasteiger partial charge on any atom is 0.263 e. The van der Waals surface area contributed by atoms with Gasteiger partial charge in [0.1, 0.15) is 5.76 Å². The Kier molecular flexibility index (Phi) is 9.05. The number of aryl methyl sites for hydroxylation is 1. The molecule has 0 bridgehead atoms. The van der Waals surface area contributed by atoms with Gasteiger partial charge in [-0.15, -0.1) is 0 Å². The van der Waals surface area contributed by atoms with Gasteiger partial charge in [0.2, 0.25) is 5.91 Å². The van der Waals surface area contributed by atoms with Crippen LogP contribution in [0.5, 0.6) is 0 Å². The first-order valence-corrected chi connectivity index (χ1v) is 16.5. The first-order valence-electron chi connectivity index (χ1n) is 15.0. The molecule has 1 aliphatic heterocycles. The molecule has 2 heterocycles. The monoisotopic (exact) mass is 594 g/mol. The summed E-state index contributed by atoms with van der Waals surface area (Å²) >= 11 is 0. The van der Waals surface area contributed by atoms with E-state index in [-0.39, 0.29) is 22.8 Å². The smallest absolute Gasteiger partial charge is 0.263 e. The van der Waals surface area contributed by atoms with E-state index in [2.05, 4.69) is 28.2 Å². The van der Waals surface area contributed by atoms with Crippen molar-refractivity contribution in [2.75, 3.05) is 11.3 Å². The molecule has 1 unspecified atom stereocenters. The maximum atomic E-state index is 13.7. The fourth-order valence-corrected chi connectivity index (χ4v) is 7.45. The van der Waals surface area contributed by atoms with Crippen molar-refractivity contribution < 1.29 is 22.5 Å². The molecule has 226 valence electrons. The zero-order chi connectivity index (χ0) is 29.9. The minimum absolute atomic E-state index is 0.0196. The highest BCUT2D eigenvalue weighted by molar-refractivity contribution is 7.92. The van der Waals surface area contributed by atoms with Gasteiger partial charge in [0.15, 0.2) is 5.82 Å². The molecule has 42 heavy (non-hydrogen) atoms. The summed E-state index contributed by atoms with van der Waals surface area (Å²) in [6.07, 6.45) is 7.02. The summed E-state index contributed by atoms with van der Waals surface area (Å²) in [7, 11) is -3.98. The first kappa shape index (κ1) is 30.3. The van der Waals surface area contributed by atoms with E-state index in [1.165, 1.54) is 0 Å². The number of aromatic nitrogens is 1. The van der Waals surface area contributed by atoms with Gasteiger partial charge in [-0.3, -0.25) is 14.8 Å². The van der Waals surface area contributed by atoms with Crippen molar-refractivity contribution >= 4 is 21.7 Å². The van der Waals surface area contributed by atoms with Gasteiger partial charge in [0, 0.05) is 24.3 Å². The minimum atomic E-state index is -3.98. The predicted octanol–water partition coefficient (Wildman–Crippen LogP) is 6.06. The van der Waals surface area contributed by atoms with E-state index in [0.29, 0.717) is 36.6 Å². The molecule has 1 saturated carbocycles. The molecule has 1 aliphatic carbocycles. The van der Waals surface area contributed by atoms with Crippen LogP contribution in [-0.2, 0) is 32.7 Å². The molecule has 1 atom stereocenters. The Morgan fingerprint density at radius 2 is 1.88 bits per heavy atom. The van der Waals surface area contributed by atoms with Gasteiger partial charge in [-0.25, -0.2) is 8.42 Å². The van der Waals surface area contributed by atoms with Crippen LogP contribution in [0.1, 0.15) is 81.2 Å². The normalized spacial score (nSPS) is 18.3. The van der Waals surface area contributed by atoms with Crippen LogP contribution in [0.15, 0.2) is 51.9 Å². The quantitative estimate of drug-likeness (QED) is 0.262. The van der Waals surface area contributed by atoms with Crippen LogP contribution in [0.2, 0.25) is 0 Å². The van der Waals surface area contributed by atoms with Crippen LogP contribution in [0.25, 0.3) is 11.1 Å². The number of carbonyl (C=O) groups is 1. The lowest BCUT2D eigenvalue weighted by molar-refractivity contribution is -0.133. The fraction of sp³-hybridized carbons (Fsp3) is 0.500. The molecule has 1 aromatic heterocycles. The van der Waals surface area contributed by atoms with Crippen LogP contribution >= 0.6 is 0 Å². The van der Waals surface area contributed by atoms with E-state index in [1.807, 2.05) is 30.0 Å². The van der Waals surface area contributed by atoms with Crippen LogP contribution in [0.3, 0.4) is 0 Å². The Morgan fingerprint density at radius 1 is 1.12 bits per heavy atom. The molecule has 5 rings (SSSR count). The second kappa shape index (κ2) is 12.6. The number of ether oxygens (including phenoxy) is 1. The van der Waals surface area contributed by atoms with E-state index < -0.39 is 15.6 Å². The number of unbranched alkanes of at least 4 members (excludes halogenated alkanes) is 1. The summed E-state index contributed by atoms with van der Waals surface area (Å²) in [5.74, 6) is 0.934. The fourth-order valence-electron chi connectivity index (χ4n) is 6.17. The van der Waals surface area contributed by atoms with Crippen molar-refractivity contribution in [3.63, 3.8) is 0 Å². The average Bonchev–Trinajstić information content (AvgIpc) is 3.66. The van der Waals surface area contributed by atoms with Crippen molar-refractivity contribution in [2.45, 2.75) is 102 Å². The number of nitrogens with one attached hydrogen (secondary N) is 2. The van der Waals surface area contributed by atoms with Crippen molar-refractivity contribution in [1.82, 2.24) is 15.4 Å². The molecule has 2 aromatic carbocycles. The summed E-state index contributed by atoms with van der Waals surface area (Å²) in [5.41, 5.74) is 3.40. The molecule has 2 N–H and O–H groups in total. The molecule has 2 aliphatic rings. The number of hydrogen-bond donors (Lipinski definition) is 2. The molecule has 1 saturated heterocycles. The van der Waals surface area contributed by atoms with Gasteiger partial charge in [-0.1, -0.05) is 74.2 Å². The van der Waals surface area contributed by atoms with E-state index in [9.17, 15) is 13.2 Å². The highest BCUT2D eigenvalue weighted by Crippen LogP contribution is 2.39. The van der Waals surface area contributed by atoms with Crippen molar-refractivity contribution in [2.24, 2.45) is 0 Å². The maximum absolute atomic E-state index is 13.7. The topological polar surface area (TPSA) is 114 Å². The summed E-state index contributed by atoms with van der Waals surface area (Å²) in [5, 5.41) is 7.60. The third kappa shape index (κ3) is 5.98. The van der Waals surface area contributed by atoms with Gasteiger partial charge >= 0.3 is 0 Å². The number of carbonyl (C=O) groups excluding carboxylic acids is 1. The zero-order valence-corrected chi connectivity index (χ0v) is 25.9. The number of amides is 1. The van der Waals surface area contributed by atoms with Gasteiger partial charge in [-0.05, 0) is 62.8 Å². The van der Waals surface area contributed by atoms with Crippen molar-refractivity contribution in [3.8, 4) is 11.1 Å². The summed E-state index contributed by atoms with van der Waals surface area (Å²) in [4.78, 5) is 15.9. The minimum Gasteiger partial charge on any atom is -0.377 e. The van der Waals surface area contributed by atoms with Crippen LogP contribution in [-0.4, -0.2) is 42.7 Å². The molecule has 3 aromatic rings. The summed E-state index contributed by atoms with van der Waals surface area (Å²) in [6.45, 7) is 8.93. The third-order valence-corrected chi connectivity index (χ3v) is 10.0. The van der Waals surface area contributed by atoms with E-state index in [1.54, 1.807) is 32.0 Å².